The molecule has 1 aliphatic carbocycles. The van der Waals surface area contributed by atoms with Gasteiger partial charge in [-0.05, 0) is 55.5 Å². The number of thiophene rings is 1. The summed E-state index contributed by atoms with van der Waals surface area (Å²) in [5.74, 6) is -0.644. The average Bonchev–Trinajstić information content (AvgIpc) is 2.76. The average molecular weight is 364 g/mol. The lowest BCUT2D eigenvalue weighted by molar-refractivity contribution is 0.0601. The zero-order valence-electron chi connectivity index (χ0n) is 13.4. The van der Waals surface area contributed by atoms with Gasteiger partial charge in [-0.25, -0.2) is 4.79 Å². The molecule has 1 amide bonds. The number of anilines is 1. The van der Waals surface area contributed by atoms with E-state index in [4.69, 9.17) is 16.3 Å². The van der Waals surface area contributed by atoms with Gasteiger partial charge in [0.1, 0.15) is 5.00 Å². The van der Waals surface area contributed by atoms with Gasteiger partial charge in [-0.2, -0.15) is 0 Å². The lowest BCUT2D eigenvalue weighted by atomic mass is 10.1. The number of rotatable bonds is 3. The highest BCUT2D eigenvalue weighted by Gasteiger charge is 2.26. The molecule has 1 aromatic heterocycles. The summed E-state index contributed by atoms with van der Waals surface area (Å²) in [6.45, 7) is 0. The summed E-state index contributed by atoms with van der Waals surface area (Å²) in [6, 6.07) is 6.66. The number of carbonyl (C=O) groups excluding carboxylic acids is 2. The molecule has 1 aliphatic rings. The highest BCUT2D eigenvalue weighted by atomic mass is 35.5. The fourth-order valence-corrected chi connectivity index (χ4v) is 4.32. The zero-order chi connectivity index (χ0) is 17.1. The number of nitrogens with one attached hydrogen (secondary N) is 1. The first-order valence-electron chi connectivity index (χ1n) is 7.90. The summed E-state index contributed by atoms with van der Waals surface area (Å²) in [5, 5.41) is 4.03. The molecule has 0 unspecified atom stereocenters. The summed E-state index contributed by atoms with van der Waals surface area (Å²) >= 11 is 7.34. The number of methoxy groups -OCH3 is 1. The van der Waals surface area contributed by atoms with E-state index in [1.807, 2.05) is 0 Å². The summed E-state index contributed by atoms with van der Waals surface area (Å²) in [6.07, 6.45) is 5.12. The fourth-order valence-electron chi connectivity index (χ4n) is 2.93. The first kappa shape index (κ1) is 17.0. The maximum atomic E-state index is 12.5. The summed E-state index contributed by atoms with van der Waals surface area (Å²) in [4.78, 5) is 25.9. The Morgan fingerprint density at radius 2 is 1.83 bits per heavy atom. The van der Waals surface area contributed by atoms with Gasteiger partial charge < -0.3 is 10.1 Å². The predicted molar refractivity (Wildman–Crippen MR) is 96.3 cm³/mol. The van der Waals surface area contributed by atoms with E-state index in [1.54, 1.807) is 24.3 Å². The van der Waals surface area contributed by atoms with Crippen LogP contribution in [0.25, 0.3) is 0 Å². The minimum atomic E-state index is -0.388. The van der Waals surface area contributed by atoms with E-state index in [0.29, 0.717) is 21.2 Å². The SMILES string of the molecule is COC(=O)c1c(NC(=O)c2ccc(Cl)cc2)sc2c1CCCCC2. The third kappa shape index (κ3) is 3.47. The molecule has 0 atom stereocenters. The van der Waals surface area contributed by atoms with Gasteiger partial charge in [-0.3, -0.25) is 4.79 Å². The number of hydrogen-bond acceptors (Lipinski definition) is 4. The molecule has 0 bridgehead atoms. The van der Waals surface area contributed by atoms with Crippen LogP contribution in [0.1, 0.15) is 50.4 Å². The highest BCUT2D eigenvalue weighted by Crippen LogP contribution is 2.38. The van der Waals surface area contributed by atoms with E-state index in [1.165, 1.54) is 23.3 Å². The van der Waals surface area contributed by atoms with Crippen molar-refractivity contribution in [3.05, 3.63) is 50.9 Å². The standard InChI is InChI=1S/C18H18ClNO3S/c1-23-18(22)15-13-5-3-2-4-6-14(13)24-17(15)20-16(21)11-7-9-12(19)10-8-11/h7-10H,2-6H2,1H3,(H,20,21). The monoisotopic (exact) mass is 363 g/mol. The summed E-state index contributed by atoms with van der Waals surface area (Å²) < 4.78 is 4.94. The second kappa shape index (κ2) is 7.36. The third-order valence-corrected chi connectivity index (χ3v) is 5.60. The molecule has 1 heterocycles. The van der Waals surface area contributed by atoms with Crippen LogP contribution in [0.3, 0.4) is 0 Å². The minimum Gasteiger partial charge on any atom is -0.465 e. The Morgan fingerprint density at radius 3 is 2.54 bits per heavy atom. The van der Waals surface area contributed by atoms with E-state index < -0.39 is 0 Å². The van der Waals surface area contributed by atoms with Crippen molar-refractivity contribution in [2.45, 2.75) is 32.1 Å². The van der Waals surface area contributed by atoms with Crippen molar-refractivity contribution in [1.29, 1.82) is 0 Å². The molecule has 6 heteroatoms. The van der Waals surface area contributed by atoms with Crippen LogP contribution in [-0.2, 0) is 17.6 Å². The molecule has 126 valence electrons. The van der Waals surface area contributed by atoms with Crippen LogP contribution in [0.5, 0.6) is 0 Å². The third-order valence-electron chi connectivity index (χ3n) is 4.14. The molecular weight excluding hydrogens is 346 g/mol. The summed E-state index contributed by atoms with van der Waals surface area (Å²) in [7, 11) is 1.37. The number of ether oxygens (including phenoxy) is 1. The Balaban J connectivity index is 1.93. The van der Waals surface area contributed by atoms with Crippen LogP contribution in [0.2, 0.25) is 5.02 Å². The molecule has 3 rings (SSSR count). The van der Waals surface area contributed by atoms with Crippen LogP contribution >= 0.6 is 22.9 Å². The zero-order valence-corrected chi connectivity index (χ0v) is 14.9. The van der Waals surface area contributed by atoms with Crippen LogP contribution in [0.15, 0.2) is 24.3 Å². The van der Waals surface area contributed by atoms with Crippen molar-refractivity contribution < 1.29 is 14.3 Å². The summed E-state index contributed by atoms with van der Waals surface area (Å²) in [5.41, 5.74) is 2.05. The van der Waals surface area contributed by atoms with Crippen LogP contribution in [-0.4, -0.2) is 19.0 Å². The number of amides is 1. The highest BCUT2D eigenvalue weighted by molar-refractivity contribution is 7.17. The van der Waals surface area contributed by atoms with Gasteiger partial charge in [0.2, 0.25) is 0 Å². The van der Waals surface area contributed by atoms with E-state index >= 15 is 0 Å². The van der Waals surface area contributed by atoms with Gasteiger partial charge in [0.15, 0.2) is 0 Å². The Kier molecular flexibility index (Phi) is 5.21. The van der Waals surface area contributed by atoms with Gasteiger partial charge in [0, 0.05) is 15.5 Å². The van der Waals surface area contributed by atoms with Gasteiger partial charge in [-0.1, -0.05) is 18.0 Å². The molecule has 1 aromatic carbocycles. The first-order valence-corrected chi connectivity index (χ1v) is 9.09. The molecule has 0 saturated carbocycles. The molecule has 2 aromatic rings. The van der Waals surface area contributed by atoms with Crippen molar-refractivity contribution in [1.82, 2.24) is 0 Å². The second-order valence-electron chi connectivity index (χ2n) is 5.72. The van der Waals surface area contributed by atoms with Crippen molar-refractivity contribution >= 4 is 39.8 Å². The predicted octanol–water partition coefficient (Wildman–Crippen LogP) is 4.71. The lowest BCUT2D eigenvalue weighted by Gasteiger charge is -2.07. The molecule has 1 N–H and O–H groups in total. The molecule has 24 heavy (non-hydrogen) atoms. The van der Waals surface area contributed by atoms with Crippen molar-refractivity contribution in [3.63, 3.8) is 0 Å². The van der Waals surface area contributed by atoms with Crippen LogP contribution in [0.4, 0.5) is 5.00 Å². The van der Waals surface area contributed by atoms with Gasteiger partial charge in [-0.15, -0.1) is 11.3 Å². The number of aryl methyl sites for hydroxylation is 1. The fraction of sp³-hybridized carbons (Fsp3) is 0.333. The number of hydrogen-bond donors (Lipinski definition) is 1. The lowest BCUT2D eigenvalue weighted by Crippen LogP contribution is -2.14. The maximum Gasteiger partial charge on any atom is 0.341 e. The van der Waals surface area contributed by atoms with E-state index in [-0.39, 0.29) is 11.9 Å². The molecule has 0 spiro atoms. The number of fused-ring (bicyclic) bond motifs is 1. The van der Waals surface area contributed by atoms with Crippen molar-refractivity contribution in [3.8, 4) is 0 Å². The second-order valence-corrected chi connectivity index (χ2v) is 7.26. The Hall–Kier alpha value is -1.85. The van der Waals surface area contributed by atoms with Crippen LogP contribution in [0, 0.1) is 0 Å². The molecule has 0 radical (unpaired) electrons. The molecule has 0 fully saturated rings. The van der Waals surface area contributed by atoms with Crippen molar-refractivity contribution in [2.24, 2.45) is 0 Å². The smallest absolute Gasteiger partial charge is 0.341 e. The number of carbonyl (C=O) groups is 2. The van der Waals surface area contributed by atoms with Gasteiger partial charge in [0.25, 0.3) is 5.91 Å². The van der Waals surface area contributed by atoms with Crippen LogP contribution < -0.4 is 5.32 Å². The Bertz CT molecular complexity index is 767. The van der Waals surface area contributed by atoms with E-state index in [2.05, 4.69) is 5.32 Å². The molecule has 4 nitrogen and oxygen atoms in total. The molecular formula is C18H18ClNO3S. The maximum absolute atomic E-state index is 12.5. The minimum absolute atomic E-state index is 0.256. The van der Waals surface area contributed by atoms with E-state index in [9.17, 15) is 9.59 Å². The quantitative estimate of drug-likeness (QED) is 0.634. The van der Waals surface area contributed by atoms with E-state index in [0.717, 1.165) is 37.7 Å². The number of benzene rings is 1. The molecule has 0 aliphatic heterocycles. The topological polar surface area (TPSA) is 55.4 Å². The number of halogens is 1. The first-order chi connectivity index (χ1) is 11.6. The molecule has 0 saturated heterocycles. The van der Waals surface area contributed by atoms with Gasteiger partial charge >= 0.3 is 5.97 Å². The normalized spacial score (nSPS) is 13.8. The van der Waals surface area contributed by atoms with Gasteiger partial charge in [0.05, 0.1) is 12.7 Å². The Morgan fingerprint density at radius 1 is 1.12 bits per heavy atom. The van der Waals surface area contributed by atoms with Crippen molar-refractivity contribution in [2.75, 3.05) is 12.4 Å². The largest absolute Gasteiger partial charge is 0.465 e. The Labute approximate surface area is 149 Å². The number of esters is 1.